The summed E-state index contributed by atoms with van der Waals surface area (Å²) >= 11 is 0. The average molecular weight is 244 g/mol. The van der Waals surface area contributed by atoms with Crippen LogP contribution in [-0.2, 0) is 0 Å². The van der Waals surface area contributed by atoms with Gasteiger partial charge in [-0.3, -0.25) is 20.2 Å². The number of hydrogen-bond acceptors (Lipinski definition) is 7. The van der Waals surface area contributed by atoms with Gasteiger partial charge in [0.15, 0.2) is 0 Å². The van der Waals surface area contributed by atoms with Crippen LogP contribution in [0, 0.1) is 20.2 Å². The lowest BCUT2D eigenvalue weighted by atomic mass is 10.2. The van der Waals surface area contributed by atoms with Crippen LogP contribution >= 0.6 is 0 Å². The number of hydrogen-bond donors (Lipinski definition) is 2. The molecular formula is C7H4N2O8. The van der Waals surface area contributed by atoms with E-state index in [1.54, 1.807) is 0 Å². The molecule has 0 unspecified atom stereocenters. The van der Waals surface area contributed by atoms with E-state index in [0.717, 1.165) is 0 Å². The lowest BCUT2D eigenvalue weighted by Gasteiger charge is -2.02. The molecule has 10 nitrogen and oxygen atoms in total. The van der Waals surface area contributed by atoms with Crippen molar-refractivity contribution in [3.63, 3.8) is 0 Å². The standard InChI is InChI=1S/C7H4N2O8/c10-6-3(8(13)14)1-2-4(17-7(11)12)5(6)9(15)16/h1-2,10H,(H,11,12). The van der Waals surface area contributed by atoms with Gasteiger partial charge < -0.3 is 14.9 Å². The molecule has 1 rings (SSSR count). The van der Waals surface area contributed by atoms with Crippen molar-refractivity contribution < 1.29 is 29.6 Å². The summed E-state index contributed by atoms with van der Waals surface area (Å²) in [5, 5.41) is 38.5. The summed E-state index contributed by atoms with van der Waals surface area (Å²) < 4.78 is 4.01. The maximum absolute atomic E-state index is 10.5. The Bertz CT molecular complexity index is 511. The zero-order valence-corrected chi connectivity index (χ0v) is 7.89. The van der Waals surface area contributed by atoms with Crippen LogP contribution < -0.4 is 4.74 Å². The molecule has 0 aliphatic carbocycles. The van der Waals surface area contributed by atoms with Gasteiger partial charge in [-0.2, -0.15) is 0 Å². The number of benzene rings is 1. The molecule has 90 valence electrons. The van der Waals surface area contributed by atoms with Gasteiger partial charge in [0.1, 0.15) is 0 Å². The minimum absolute atomic E-state index is 0.695. The van der Waals surface area contributed by atoms with Crippen LogP contribution in [0.3, 0.4) is 0 Å². The zero-order valence-electron chi connectivity index (χ0n) is 7.89. The highest BCUT2D eigenvalue weighted by molar-refractivity contribution is 5.71. The molecule has 0 atom stereocenters. The minimum atomic E-state index is -1.85. The first-order valence-electron chi connectivity index (χ1n) is 3.90. The molecular weight excluding hydrogens is 240 g/mol. The number of ether oxygens (including phenoxy) is 1. The topological polar surface area (TPSA) is 153 Å². The van der Waals surface area contributed by atoms with Crippen LogP contribution in [0.1, 0.15) is 0 Å². The smallest absolute Gasteiger partial charge is 0.497 e. The third-order valence-electron chi connectivity index (χ3n) is 1.67. The fourth-order valence-electron chi connectivity index (χ4n) is 1.05. The van der Waals surface area contributed by atoms with E-state index in [1.807, 2.05) is 0 Å². The molecule has 0 amide bonds. The Morgan fingerprint density at radius 1 is 1.24 bits per heavy atom. The number of nitro groups is 2. The molecule has 2 N–H and O–H groups in total. The summed E-state index contributed by atoms with van der Waals surface area (Å²) in [6.07, 6.45) is -1.85. The van der Waals surface area contributed by atoms with E-state index in [0.29, 0.717) is 12.1 Å². The lowest BCUT2D eigenvalue weighted by molar-refractivity contribution is -0.396. The molecule has 0 bridgehead atoms. The predicted octanol–water partition coefficient (Wildman–Crippen LogP) is 1.27. The average Bonchev–Trinajstić information content (AvgIpc) is 2.15. The summed E-state index contributed by atoms with van der Waals surface area (Å²) in [5.41, 5.74) is -2.10. The Balaban J connectivity index is 3.44. The van der Waals surface area contributed by atoms with E-state index < -0.39 is 38.9 Å². The Morgan fingerprint density at radius 3 is 2.24 bits per heavy atom. The van der Waals surface area contributed by atoms with Crippen molar-refractivity contribution in [3.05, 3.63) is 32.4 Å². The normalized spacial score (nSPS) is 9.65. The van der Waals surface area contributed by atoms with Crippen molar-refractivity contribution in [1.29, 1.82) is 0 Å². The molecule has 0 aromatic heterocycles. The highest BCUT2D eigenvalue weighted by Gasteiger charge is 2.30. The van der Waals surface area contributed by atoms with Crippen molar-refractivity contribution in [2.24, 2.45) is 0 Å². The number of aromatic hydroxyl groups is 1. The molecule has 0 radical (unpaired) electrons. The van der Waals surface area contributed by atoms with E-state index in [9.17, 15) is 30.1 Å². The Kier molecular flexibility index (Phi) is 3.08. The molecule has 0 heterocycles. The van der Waals surface area contributed by atoms with Gasteiger partial charge in [0.05, 0.1) is 9.85 Å². The fraction of sp³-hybridized carbons (Fsp3) is 0. The number of nitro benzene ring substituents is 2. The van der Waals surface area contributed by atoms with E-state index in [2.05, 4.69) is 4.74 Å². The van der Waals surface area contributed by atoms with Crippen molar-refractivity contribution in [2.75, 3.05) is 0 Å². The first-order chi connectivity index (χ1) is 7.84. The number of carbonyl (C=O) groups is 1. The van der Waals surface area contributed by atoms with Crippen molar-refractivity contribution in [3.8, 4) is 11.5 Å². The van der Waals surface area contributed by atoms with Gasteiger partial charge >= 0.3 is 17.5 Å². The molecule has 17 heavy (non-hydrogen) atoms. The second-order valence-electron chi connectivity index (χ2n) is 2.66. The van der Waals surface area contributed by atoms with E-state index in [1.165, 1.54) is 0 Å². The van der Waals surface area contributed by atoms with Gasteiger partial charge in [0.2, 0.25) is 5.75 Å². The highest BCUT2D eigenvalue weighted by atomic mass is 16.7. The van der Waals surface area contributed by atoms with Gasteiger partial charge in [-0.15, -0.1) is 0 Å². The van der Waals surface area contributed by atoms with Crippen LogP contribution in [0.4, 0.5) is 16.2 Å². The monoisotopic (exact) mass is 244 g/mol. The van der Waals surface area contributed by atoms with Crippen molar-refractivity contribution in [1.82, 2.24) is 0 Å². The molecule has 10 heteroatoms. The summed E-state index contributed by atoms with van der Waals surface area (Å²) in [4.78, 5) is 28.9. The van der Waals surface area contributed by atoms with Gasteiger partial charge in [-0.25, -0.2) is 4.79 Å². The van der Waals surface area contributed by atoms with Crippen LogP contribution in [-0.4, -0.2) is 26.2 Å². The van der Waals surface area contributed by atoms with E-state index >= 15 is 0 Å². The third-order valence-corrected chi connectivity index (χ3v) is 1.67. The summed E-state index contributed by atoms with van der Waals surface area (Å²) in [7, 11) is 0. The Hall–Kier alpha value is -2.91. The summed E-state index contributed by atoms with van der Waals surface area (Å²) in [6, 6.07) is 1.41. The molecule has 0 aliphatic rings. The molecule has 1 aromatic rings. The SMILES string of the molecule is O=C(O)Oc1ccc([N+](=O)[O-])c(O)c1[N+](=O)[O-]. The van der Waals surface area contributed by atoms with E-state index in [-0.39, 0.29) is 0 Å². The highest BCUT2D eigenvalue weighted by Crippen LogP contribution is 2.42. The zero-order chi connectivity index (χ0) is 13.2. The quantitative estimate of drug-likeness (QED) is 0.348. The fourth-order valence-corrected chi connectivity index (χ4v) is 1.05. The Labute approximate surface area is 92.0 Å². The number of carboxylic acid groups (broad SMARTS) is 1. The van der Waals surface area contributed by atoms with Crippen molar-refractivity contribution >= 4 is 17.5 Å². The summed E-state index contributed by atoms with van der Waals surface area (Å²) in [6.45, 7) is 0. The minimum Gasteiger partial charge on any atom is -0.497 e. The molecule has 0 saturated carbocycles. The first-order valence-corrected chi connectivity index (χ1v) is 3.90. The van der Waals surface area contributed by atoms with Gasteiger partial charge in [-0.05, 0) is 6.07 Å². The lowest BCUT2D eigenvalue weighted by Crippen LogP contribution is -2.06. The van der Waals surface area contributed by atoms with Gasteiger partial charge in [0, 0.05) is 6.07 Å². The van der Waals surface area contributed by atoms with Crippen LogP contribution in [0.5, 0.6) is 11.5 Å². The maximum atomic E-state index is 10.5. The Morgan fingerprint density at radius 2 is 1.82 bits per heavy atom. The number of phenols is 1. The third kappa shape index (κ3) is 2.37. The second kappa shape index (κ2) is 4.30. The summed E-state index contributed by atoms with van der Waals surface area (Å²) in [5.74, 6) is -2.07. The van der Waals surface area contributed by atoms with Gasteiger partial charge in [-0.1, -0.05) is 0 Å². The number of rotatable bonds is 3. The molecule has 1 aromatic carbocycles. The van der Waals surface area contributed by atoms with Crippen molar-refractivity contribution in [2.45, 2.75) is 0 Å². The van der Waals surface area contributed by atoms with Crippen LogP contribution in [0.2, 0.25) is 0 Å². The second-order valence-corrected chi connectivity index (χ2v) is 2.66. The van der Waals surface area contributed by atoms with Crippen LogP contribution in [0.15, 0.2) is 12.1 Å². The number of nitrogens with zero attached hydrogens (tertiary/aromatic N) is 2. The molecule has 0 aliphatic heterocycles. The van der Waals surface area contributed by atoms with Gasteiger partial charge in [0.25, 0.3) is 5.75 Å². The molecule has 0 spiro atoms. The predicted molar refractivity (Wildman–Crippen MR) is 50.1 cm³/mol. The molecule has 0 fully saturated rings. The maximum Gasteiger partial charge on any atom is 0.511 e. The molecule has 0 saturated heterocycles. The number of phenolic OH excluding ortho intramolecular Hbond substituents is 1. The first kappa shape index (κ1) is 12.2. The largest absolute Gasteiger partial charge is 0.511 e. The van der Waals surface area contributed by atoms with Crippen LogP contribution in [0.25, 0.3) is 0 Å². The van der Waals surface area contributed by atoms with E-state index in [4.69, 9.17) is 5.11 Å².